The Labute approximate surface area is 100 Å². The van der Waals surface area contributed by atoms with Gasteiger partial charge in [-0.2, -0.15) is 0 Å². The second kappa shape index (κ2) is 4.02. The minimum absolute atomic E-state index is 0.516. The van der Waals surface area contributed by atoms with Gasteiger partial charge in [-0.15, -0.1) is 0 Å². The predicted molar refractivity (Wildman–Crippen MR) is 68.9 cm³/mol. The molecule has 0 spiro atoms. The van der Waals surface area contributed by atoms with E-state index < -0.39 is 0 Å². The molecule has 0 atom stereocenters. The Balaban J connectivity index is 2.67. The minimum Gasteiger partial charge on any atom is -0.457 e. The lowest BCUT2D eigenvalue weighted by Crippen LogP contribution is -1.96. The minimum atomic E-state index is 0.516. The van der Waals surface area contributed by atoms with Gasteiger partial charge in [0.05, 0.1) is 10.7 Å². The third-order valence-electron chi connectivity index (χ3n) is 2.71. The number of nitrogens with two attached hydrogens (primary N) is 1. The van der Waals surface area contributed by atoms with Crippen LogP contribution in [0.25, 0.3) is 11.0 Å². The number of fused-ring (bicyclic) bond motifs is 1. The van der Waals surface area contributed by atoms with Crippen molar-refractivity contribution in [3.63, 3.8) is 0 Å². The fraction of sp³-hybridized carbons (Fsp3) is 0.385. The molecule has 0 amide bonds. The molecule has 2 rings (SSSR count). The van der Waals surface area contributed by atoms with Crippen LogP contribution in [0.1, 0.15) is 25.2 Å². The first-order chi connectivity index (χ1) is 7.50. The second-order valence-electron chi connectivity index (χ2n) is 4.61. The van der Waals surface area contributed by atoms with Crippen molar-refractivity contribution in [3.05, 3.63) is 28.5 Å². The molecule has 2 N–H and O–H groups in total. The van der Waals surface area contributed by atoms with Gasteiger partial charge < -0.3 is 10.2 Å². The molecule has 2 aromatic rings. The summed E-state index contributed by atoms with van der Waals surface area (Å²) >= 11 is 6.10. The standard InChI is InChI=1S/C13H16ClNO/c1-7(2)6-10-12(15)11-8(3)4-5-9(14)13(11)16-10/h4-5,7H,6,15H2,1-3H3. The number of aryl methyl sites for hydroxylation is 1. The zero-order chi connectivity index (χ0) is 11.9. The van der Waals surface area contributed by atoms with Gasteiger partial charge in [0.1, 0.15) is 5.76 Å². The number of halogens is 1. The molecular formula is C13H16ClNO. The lowest BCUT2D eigenvalue weighted by molar-refractivity contribution is 0.502. The van der Waals surface area contributed by atoms with Crippen LogP contribution in [0.15, 0.2) is 16.5 Å². The van der Waals surface area contributed by atoms with Crippen molar-refractivity contribution in [2.24, 2.45) is 5.92 Å². The summed E-state index contributed by atoms with van der Waals surface area (Å²) in [6.07, 6.45) is 0.844. The number of rotatable bonds is 2. The van der Waals surface area contributed by atoms with Crippen molar-refractivity contribution in [2.45, 2.75) is 27.2 Å². The van der Waals surface area contributed by atoms with E-state index >= 15 is 0 Å². The van der Waals surface area contributed by atoms with E-state index in [1.165, 1.54) is 0 Å². The van der Waals surface area contributed by atoms with Gasteiger partial charge in [-0.05, 0) is 24.5 Å². The van der Waals surface area contributed by atoms with Crippen LogP contribution in [0.4, 0.5) is 5.69 Å². The third-order valence-corrected chi connectivity index (χ3v) is 3.00. The molecule has 0 bridgehead atoms. The fourth-order valence-corrected chi connectivity index (χ4v) is 2.13. The molecule has 0 aliphatic carbocycles. The van der Waals surface area contributed by atoms with E-state index in [1.54, 1.807) is 0 Å². The molecule has 3 heteroatoms. The van der Waals surface area contributed by atoms with E-state index in [-0.39, 0.29) is 0 Å². The number of benzene rings is 1. The van der Waals surface area contributed by atoms with Crippen molar-refractivity contribution < 1.29 is 4.42 Å². The molecule has 1 aromatic heterocycles. The summed E-state index contributed by atoms with van der Waals surface area (Å²) in [5.41, 5.74) is 8.67. The molecule has 16 heavy (non-hydrogen) atoms. The van der Waals surface area contributed by atoms with Crippen LogP contribution in [-0.4, -0.2) is 0 Å². The molecule has 2 nitrogen and oxygen atoms in total. The normalized spacial score (nSPS) is 11.6. The Bertz CT molecular complexity index is 528. The Morgan fingerprint density at radius 3 is 2.62 bits per heavy atom. The van der Waals surface area contributed by atoms with Gasteiger partial charge in [-0.25, -0.2) is 0 Å². The molecule has 0 unspecified atom stereocenters. The molecule has 0 aliphatic rings. The zero-order valence-electron chi connectivity index (χ0n) is 9.80. The number of hydrogen-bond acceptors (Lipinski definition) is 2. The molecular weight excluding hydrogens is 222 g/mol. The SMILES string of the molecule is Cc1ccc(Cl)c2oc(CC(C)C)c(N)c12. The lowest BCUT2D eigenvalue weighted by atomic mass is 10.1. The van der Waals surface area contributed by atoms with E-state index in [1.807, 2.05) is 19.1 Å². The van der Waals surface area contributed by atoms with Crippen LogP contribution < -0.4 is 5.73 Å². The highest BCUT2D eigenvalue weighted by Gasteiger charge is 2.16. The predicted octanol–water partition coefficient (Wildman–Crippen LogP) is 4.18. The maximum Gasteiger partial charge on any atom is 0.155 e. The Morgan fingerprint density at radius 1 is 1.38 bits per heavy atom. The number of hydrogen-bond donors (Lipinski definition) is 1. The zero-order valence-corrected chi connectivity index (χ0v) is 10.6. The molecule has 0 aliphatic heterocycles. The summed E-state index contributed by atoms with van der Waals surface area (Å²) in [5, 5.41) is 1.59. The van der Waals surface area contributed by atoms with Crippen molar-refractivity contribution in [3.8, 4) is 0 Å². The molecule has 0 fully saturated rings. The Kier molecular flexibility index (Phi) is 2.85. The smallest absolute Gasteiger partial charge is 0.155 e. The maximum absolute atomic E-state index is 6.10. The first-order valence-electron chi connectivity index (χ1n) is 5.46. The molecule has 0 saturated heterocycles. The largest absolute Gasteiger partial charge is 0.457 e. The monoisotopic (exact) mass is 237 g/mol. The fourth-order valence-electron chi connectivity index (χ4n) is 1.93. The van der Waals surface area contributed by atoms with E-state index in [0.29, 0.717) is 10.9 Å². The van der Waals surface area contributed by atoms with E-state index in [0.717, 1.165) is 34.4 Å². The summed E-state index contributed by atoms with van der Waals surface area (Å²) in [5.74, 6) is 1.36. The van der Waals surface area contributed by atoms with Crippen molar-refractivity contribution in [2.75, 3.05) is 5.73 Å². The van der Waals surface area contributed by atoms with Gasteiger partial charge in [0, 0.05) is 11.8 Å². The van der Waals surface area contributed by atoms with Crippen LogP contribution in [0.5, 0.6) is 0 Å². The van der Waals surface area contributed by atoms with Gasteiger partial charge in [-0.3, -0.25) is 0 Å². The van der Waals surface area contributed by atoms with Gasteiger partial charge in [0.25, 0.3) is 0 Å². The molecule has 0 radical (unpaired) electrons. The summed E-state index contributed by atoms with van der Waals surface area (Å²) in [6.45, 7) is 6.30. The number of furan rings is 1. The first-order valence-corrected chi connectivity index (χ1v) is 5.84. The number of anilines is 1. The summed E-state index contributed by atoms with van der Waals surface area (Å²) in [7, 11) is 0. The average molecular weight is 238 g/mol. The lowest BCUT2D eigenvalue weighted by Gasteiger charge is -2.01. The van der Waals surface area contributed by atoms with Crippen LogP contribution >= 0.6 is 11.6 Å². The summed E-state index contributed by atoms with van der Waals surface area (Å²) in [6, 6.07) is 3.82. The average Bonchev–Trinajstić information content (AvgIpc) is 2.51. The molecule has 86 valence electrons. The Morgan fingerprint density at radius 2 is 2.06 bits per heavy atom. The van der Waals surface area contributed by atoms with Crippen molar-refractivity contribution in [1.29, 1.82) is 0 Å². The summed E-state index contributed by atoms with van der Waals surface area (Å²) in [4.78, 5) is 0. The quantitative estimate of drug-likeness (QED) is 0.851. The highest BCUT2D eigenvalue weighted by atomic mass is 35.5. The molecule has 1 heterocycles. The van der Waals surface area contributed by atoms with Crippen LogP contribution in [0.3, 0.4) is 0 Å². The van der Waals surface area contributed by atoms with Gasteiger partial charge in [-0.1, -0.05) is 31.5 Å². The van der Waals surface area contributed by atoms with E-state index in [4.69, 9.17) is 21.8 Å². The molecule has 0 saturated carbocycles. The highest BCUT2D eigenvalue weighted by Crippen LogP contribution is 2.36. The highest BCUT2D eigenvalue weighted by molar-refractivity contribution is 6.35. The van der Waals surface area contributed by atoms with Crippen LogP contribution in [-0.2, 0) is 6.42 Å². The molecule has 1 aromatic carbocycles. The van der Waals surface area contributed by atoms with Crippen molar-refractivity contribution in [1.82, 2.24) is 0 Å². The van der Waals surface area contributed by atoms with E-state index in [2.05, 4.69) is 13.8 Å². The first kappa shape index (κ1) is 11.3. The van der Waals surface area contributed by atoms with Gasteiger partial charge >= 0.3 is 0 Å². The Hall–Kier alpha value is -1.15. The second-order valence-corrected chi connectivity index (χ2v) is 5.01. The van der Waals surface area contributed by atoms with Crippen molar-refractivity contribution >= 4 is 28.3 Å². The third kappa shape index (κ3) is 1.78. The van der Waals surface area contributed by atoms with Crippen LogP contribution in [0, 0.1) is 12.8 Å². The van der Waals surface area contributed by atoms with E-state index in [9.17, 15) is 0 Å². The van der Waals surface area contributed by atoms with Gasteiger partial charge in [0.2, 0.25) is 0 Å². The maximum atomic E-state index is 6.10. The van der Waals surface area contributed by atoms with Gasteiger partial charge in [0.15, 0.2) is 5.58 Å². The number of nitrogen functional groups attached to an aromatic ring is 1. The van der Waals surface area contributed by atoms with Crippen LogP contribution in [0.2, 0.25) is 5.02 Å². The summed E-state index contributed by atoms with van der Waals surface area (Å²) < 4.78 is 5.76. The topological polar surface area (TPSA) is 39.2 Å².